The molecular weight excluding hydrogens is 416 g/mol. The fourth-order valence-electron chi connectivity index (χ4n) is 4.07. The lowest BCUT2D eigenvalue weighted by Gasteiger charge is -2.22. The van der Waals surface area contributed by atoms with E-state index in [1.54, 1.807) is 29.3 Å². The van der Waals surface area contributed by atoms with Crippen molar-refractivity contribution in [3.05, 3.63) is 64.4 Å². The van der Waals surface area contributed by atoms with E-state index in [1.807, 2.05) is 24.3 Å². The predicted octanol–water partition coefficient (Wildman–Crippen LogP) is 3.84. The molecule has 9 heteroatoms. The third-order valence-electron chi connectivity index (χ3n) is 5.79. The lowest BCUT2D eigenvalue weighted by atomic mass is 10.0. The second kappa shape index (κ2) is 7.83. The zero-order valence-electron chi connectivity index (χ0n) is 17.1. The van der Waals surface area contributed by atoms with Gasteiger partial charge in [-0.3, -0.25) is 25.2 Å². The minimum absolute atomic E-state index is 0.0692. The van der Waals surface area contributed by atoms with Crippen LogP contribution in [0.4, 0.5) is 8.78 Å². The van der Waals surface area contributed by atoms with Crippen molar-refractivity contribution in [1.82, 2.24) is 25.6 Å². The van der Waals surface area contributed by atoms with E-state index in [1.165, 1.54) is 0 Å². The maximum Gasteiger partial charge on any atom is 0.271 e. The number of carbonyl (C=O) groups is 1. The van der Waals surface area contributed by atoms with Crippen LogP contribution in [0.2, 0.25) is 0 Å². The van der Waals surface area contributed by atoms with E-state index >= 15 is 0 Å². The molecule has 0 aliphatic carbocycles. The van der Waals surface area contributed by atoms with Crippen LogP contribution in [0.5, 0.6) is 0 Å². The van der Waals surface area contributed by atoms with Crippen LogP contribution in [-0.4, -0.2) is 45.1 Å². The number of para-hydroxylation sites is 1. The Balaban J connectivity index is 1.55. The number of aromatic nitrogens is 3. The second-order valence-electron chi connectivity index (χ2n) is 8.05. The lowest BCUT2D eigenvalue weighted by Crippen LogP contribution is -2.43. The van der Waals surface area contributed by atoms with Gasteiger partial charge in [-0.25, -0.2) is 18.8 Å². The number of rotatable bonds is 3. The number of hydrogen-bond donors (Lipinski definition) is 3. The first-order valence-corrected chi connectivity index (χ1v) is 10.4. The Morgan fingerprint density at radius 2 is 1.91 bits per heavy atom. The summed E-state index contributed by atoms with van der Waals surface area (Å²) in [6, 6.07) is 14.4. The summed E-state index contributed by atoms with van der Waals surface area (Å²) in [5.74, 6) is -3.14. The molecule has 164 valence electrons. The van der Waals surface area contributed by atoms with Crippen molar-refractivity contribution in [1.29, 1.82) is 0 Å². The highest BCUT2D eigenvalue weighted by Crippen LogP contribution is 2.29. The minimum atomic E-state index is -2.71. The zero-order chi connectivity index (χ0) is 22.3. The standard InChI is InChI=1S/C23H21F2N5O2/c24-23(25)8-3-10-30(11-9-23)29-22(32)17-12-14-4-1-2-5-18(14)26-20(17)15-6-7-19-16(13-15)21(31)28-27-19/h1-2,4-7,12-13H,3,8-11H2,(H,29,32)(H2,27,28,31). The Bertz CT molecular complexity index is 1380. The van der Waals surface area contributed by atoms with E-state index in [-0.39, 0.29) is 24.9 Å². The maximum absolute atomic E-state index is 13.7. The number of hydrazine groups is 1. The smallest absolute Gasteiger partial charge is 0.271 e. The van der Waals surface area contributed by atoms with Gasteiger partial charge in [0.1, 0.15) is 0 Å². The fraction of sp³-hybridized carbons (Fsp3) is 0.261. The highest BCUT2D eigenvalue weighted by molar-refractivity contribution is 6.03. The van der Waals surface area contributed by atoms with Crippen molar-refractivity contribution in [2.24, 2.45) is 0 Å². The van der Waals surface area contributed by atoms with Crippen molar-refractivity contribution < 1.29 is 13.6 Å². The van der Waals surface area contributed by atoms with E-state index in [0.29, 0.717) is 46.2 Å². The minimum Gasteiger partial charge on any atom is -0.298 e. The molecule has 0 bridgehead atoms. The molecule has 2 aromatic heterocycles. The Morgan fingerprint density at radius 1 is 1.06 bits per heavy atom. The number of aromatic amines is 2. The molecule has 0 saturated carbocycles. The van der Waals surface area contributed by atoms with Gasteiger partial charge in [-0.1, -0.05) is 24.3 Å². The number of nitrogens with zero attached hydrogens (tertiary/aromatic N) is 2. The molecule has 0 atom stereocenters. The molecule has 2 aromatic carbocycles. The molecular formula is C23H21F2N5O2. The van der Waals surface area contributed by atoms with Gasteiger partial charge in [0.25, 0.3) is 11.5 Å². The Hall–Kier alpha value is -3.59. The monoisotopic (exact) mass is 437 g/mol. The molecule has 3 N–H and O–H groups in total. The number of halogens is 2. The van der Waals surface area contributed by atoms with Crippen molar-refractivity contribution in [2.75, 3.05) is 13.1 Å². The first-order valence-electron chi connectivity index (χ1n) is 10.4. The normalized spacial score (nSPS) is 16.8. The Morgan fingerprint density at radius 3 is 2.78 bits per heavy atom. The molecule has 1 saturated heterocycles. The molecule has 1 aliphatic rings. The lowest BCUT2D eigenvalue weighted by molar-refractivity contribution is -0.0142. The van der Waals surface area contributed by atoms with Crippen LogP contribution < -0.4 is 11.0 Å². The van der Waals surface area contributed by atoms with Gasteiger partial charge in [0.2, 0.25) is 5.92 Å². The van der Waals surface area contributed by atoms with Crippen LogP contribution in [-0.2, 0) is 0 Å². The summed E-state index contributed by atoms with van der Waals surface area (Å²) < 4.78 is 27.4. The van der Waals surface area contributed by atoms with Crippen molar-refractivity contribution in [3.8, 4) is 11.3 Å². The molecule has 0 spiro atoms. The number of alkyl halides is 2. The summed E-state index contributed by atoms with van der Waals surface area (Å²) >= 11 is 0. The number of nitrogens with one attached hydrogen (secondary N) is 3. The van der Waals surface area contributed by atoms with Crippen molar-refractivity contribution in [2.45, 2.75) is 25.2 Å². The fourth-order valence-corrected chi connectivity index (χ4v) is 4.07. The largest absolute Gasteiger partial charge is 0.298 e. The summed E-state index contributed by atoms with van der Waals surface area (Å²) in [5, 5.41) is 8.12. The molecule has 32 heavy (non-hydrogen) atoms. The average molecular weight is 437 g/mol. The number of benzene rings is 2. The Kier molecular flexibility index (Phi) is 4.97. The number of amides is 1. The number of carbonyl (C=O) groups excluding carboxylic acids is 1. The summed E-state index contributed by atoms with van der Waals surface area (Å²) in [6.45, 7) is 0.419. The van der Waals surface area contributed by atoms with Crippen LogP contribution in [0.25, 0.3) is 33.1 Å². The third kappa shape index (κ3) is 3.87. The quantitative estimate of drug-likeness (QED) is 0.454. The molecule has 0 radical (unpaired) electrons. The van der Waals surface area contributed by atoms with E-state index in [9.17, 15) is 18.4 Å². The third-order valence-corrected chi connectivity index (χ3v) is 5.79. The number of H-pyrrole nitrogens is 2. The van der Waals surface area contributed by atoms with Crippen LogP contribution >= 0.6 is 0 Å². The molecule has 3 heterocycles. The molecule has 1 fully saturated rings. The summed E-state index contributed by atoms with van der Waals surface area (Å²) in [6.07, 6.45) is -0.195. The zero-order valence-corrected chi connectivity index (χ0v) is 17.1. The summed E-state index contributed by atoms with van der Waals surface area (Å²) in [4.78, 5) is 30.0. The second-order valence-corrected chi connectivity index (χ2v) is 8.05. The Labute approximate surface area is 181 Å². The number of pyridine rings is 1. The van der Waals surface area contributed by atoms with Gasteiger partial charge in [0.15, 0.2) is 0 Å². The topological polar surface area (TPSA) is 93.9 Å². The van der Waals surface area contributed by atoms with Gasteiger partial charge in [0, 0.05) is 36.9 Å². The van der Waals surface area contributed by atoms with Gasteiger partial charge < -0.3 is 0 Å². The predicted molar refractivity (Wildman–Crippen MR) is 117 cm³/mol. The van der Waals surface area contributed by atoms with E-state index < -0.39 is 11.8 Å². The van der Waals surface area contributed by atoms with E-state index in [2.05, 4.69) is 15.6 Å². The van der Waals surface area contributed by atoms with E-state index in [0.717, 1.165) is 5.39 Å². The van der Waals surface area contributed by atoms with Crippen molar-refractivity contribution >= 4 is 27.7 Å². The molecule has 4 aromatic rings. The molecule has 1 aliphatic heterocycles. The number of fused-ring (bicyclic) bond motifs is 2. The maximum atomic E-state index is 13.7. The van der Waals surface area contributed by atoms with Gasteiger partial charge in [-0.05, 0) is 30.7 Å². The van der Waals surface area contributed by atoms with Gasteiger partial charge >= 0.3 is 0 Å². The number of hydrogen-bond acceptors (Lipinski definition) is 4. The van der Waals surface area contributed by atoms with Crippen LogP contribution in [0.3, 0.4) is 0 Å². The molecule has 1 amide bonds. The van der Waals surface area contributed by atoms with Gasteiger partial charge in [-0.2, -0.15) is 0 Å². The van der Waals surface area contributed by atoms with Crippen molar-refractivity contribution in [3.63, 3.8) is 0 Å². The molecule has 7 nitrogen and oxygen atoms in total. The molecule has 0 unspecified atom stereocenters. The summed E-state index contributed by atoms with van der Waals surface area (Å²) in [7, 11) is 0. The van der Waals surface area contributed by atoms with E-state index in [4.69, 9.17) is 4.98 Å². The average Bonchev–Trinajstić information content (AvgIpc) is 3.07. The van der Waals surface area contributed by atoms with Crippen LogP contribution in [0, 0.1) is 0 Å². The van der Waals surface area contributed by atoms with Gasteiger partial charge in [0.05, 0.1) is 27.7 Å². The molecule has 5 rings (SSSR count). The van der Waals surface area contributed by atoms with Gasteiger partial charge in [-0.15, -0.1) is 0 Å². The first-order chi connectivity index (χ1) is 15.4. The highest BCUT2D eigenvalue weighted by atomic mass is 19.3. The first kappa shape index (κ1) is 20.3. The SMILES string of the molecule is O=C(NN1CCCC(F)(F)CC1)c1cc2ccccc2nc1-c1ccc2[nH][nH]c(=O)c2c1. The van der Waals surface area contributed by atoms with Crippen LogP contribution in [0.1, 0.15) is 29.6 Å². The summed E-state index contributed by atoms with van der Waals surface area (Å²) in [5.41, 5.74) is 5.21. The van der Waals surface area contributed by atoms with Crippen LogP contribution in [0.15, 0.2) is 53.3 Å². The highest BCUT2D eigenvalue weighted by Gasteiger charge is 2.32.